The van der Waals surface area contributed by atoms with E-state index in [1.165, 1.54) is 0 Å². The van der Waals surface area contributed by atoms with Crippen LogP contribution in [0.25, 0.3) is 0 Å². The highest BCUT2D eigenvalue weighted by Gasteiger charge is 2.13. The van der Waals surface area contributed by atoms with Crippen LogP contribution in [-0.2, 0) is 6.42 Å². The Morgan fingerprint density at radius 3 is 2.77 bits per heavy atom. The third kappa shape index (κ3) is 1.37. The lowest BCUT2D eigenvalue weighted by molar-refractivity contribution is 0.403. The number of hydrogen-bond donors (Lipinski definition) is 2. The Morgan fingerprint density at radius 1 is 1.31 bits per heavy atom. The number of fused-ring (bicyclic) bond motifs is 1. The summed E-state index contributed by atoms with van der Waals surface area (Å²) in [5.41, 5.74) is 1.94. The van der Waals surface area contributed by atoms with Gasteiger partial charge in [-0.2, -0.15) is 0 Å². The van der Waals surface area contributed by atoms with E-state index < -0.39 is 0 Å². The van der Waals surface area contributed by atoms with Gasteiger partial charge in [0.05, 0.1) is 6.04 Å². The van der Waals surface area contributed by atoms with E-state index in [4.69, 9.17) is 0 Å². The second-order valence-electron chi connectivity index (χ2n) is 3.37. The average molecular weight is 177 g/mol. The van der Waals surface area contributed by atoms with Crippen molar-refractivity contribution in [3.8, 4) is 11.5 Å². The van der Waals surface area contributed by atoms with E-state index in [1.54, 1.807) is 18.3 Å². The quantitative estimate of drug-likeness (QED) is 0.589. The second kappa shape index (κ2) is 2.76. The summed E-state index contributed by atoms with van der Waals surface area (Å²) in [6.45, 7) is 2.02. The summed E-state index contributed by atoms with van der Waals surface area (Å²) in [5.74, 6) is -0.138. The number of benzene rings is 1. The number of hydrogen-bond acceptors (Lipinski definition) is 3. The number of nitrogens with zero attached hydrogens (tertiary/aromatic N) is 1. The first-order chi connectivity index (χ1) is 6.16. The Kier molecular flexibility index (Phi) is 1.72. The molecule has 2 rings (SSSR count). The van der Waals surface area contributed by atoms with Crippen LogP contribution in [0.2, 0.25) is 0 Å². The van der Waals surface area contributed by atoms with E-state index >= 15 is 0 Å². The van der Waals surface area contributed by atoms with E-state index in [9.17, 15) is 10.2 Å². The summed E-state index contributed by atoms with van der Waals surface area (Å²) in [7, 11) is 0. The minimum Gasteiger partial charge on any atom is -0.504 e. The molecule has 3 heteroatoms. The molecular weight excluding hydrogens is 166 g/mol. The summed E-state index contributed by atoms with van der Waals surface area (Å²) >= 11 is 0. The van der Waals surface area contributed by atoms with Crippen LogP contribution in [0.4, 0.5) is 0 Å². The van der Waals surface area contributed by atoms with E-state index in [-0.39, 0.29) is 17.5 Å². The van der Waals surface area contributed by atoms with E-state index in [2.05, 4.69) is 4.99 Å². The van der Waals surface area contributed by atoms with Crippen molar-refractivity contribution < 1.29 is 10.2 Å². The van der Waals surface area contributed by atoms with E-state index in [1.807, 2.05) is 6.92 Å². The minimum absolute atomic E-state index is 0.0544. The first-order valence-corrected chi connectivity index (χ1v) is 4.25. The van der Waals surface area contributed by atoms with Gasteiger partial charge in [-0.25, -0.2) is 0 Å². The summed E-state index contributed by atoms with van der Waals surface area (Å²) in [6.07, 6.45) is 2.56. The molecule has 3 nitrogen and oxygen atoms in total. The normalized spacial score (nSPS) is 19.9. The first-order valence-electron chi connectivity index (χ1n) is 4.25. The smallest absolute Gasteiger partial charge is 0.158 e. The van der Waals surface area contributed by atoms with Gasteiger partial charge < -0.3 is 10.2 Å². The fraction of sp³-hybridized carbons (Fsp3) is 0.300. The Balaban J connectivity index is 2.52. The third-order valence-corrected chi connectivity index (χ3v) is 2.22. The molecule has 0 bridgehead atoms. The highest BCUT2D eigenvalue weighted by molar-refractivity contribution is 5.84. The van der Waals surface area contributed by atoms with Crippen LogP contribution >= 0.6 is 0 Å². The zero-order valence-corrected chi connectivity index (χ0v) is 7.36. The molecule has 1 heterocycles. The van der Waals surface area contributed by atoms with Crippen LogP contribution in [0.1, 0.15) is 18.1 Å². The van der Waals surface area contributed by atoms with Crippen LogP contribution < -0.4 is 0 Å². The van der Waals surface area contributed by atoms with Crippen LogP contribution in [-0.4, -0.2) is 22.5 Å². The van der Waals surface area contributed by atoms with Crippen molar-refractivity contribution in [2.45, 2.75) is 19.4 Å². The topological polar surface area (TPSA) is 52.8 Å². The molecule has 0 saturated heterocycles. The molecular formula is C10H11NO2. The van der Waals surface area contributed by atoms with Gasteiger partial charge in [0.1, 0.15) is 0 Å². The molecule has 0 amide bonds. The van der Waals surface area contributed by atoms with Crippen molar-refractivity contribution >= 4 is 6.21 Å². The first kappa shape index (κ1) is 8.10. The Morgan fingerprint density at radius 2 is 2.00 bits per heavy atom. The summed E-state index contributed by atoms with van der Waals surface area (Å²) < 4.78 is 0. The molecule has 0 aliphatic carbocycles. The third-order valence-electron chi connectivity index (χ3n) is 2.22. The predicted molar refractivity (Wildman–Crippen MR) is 50.5 cm³/mol. The molecule has 0 aromatic heterocycles. The van der Waals surface area contributed by atoms with Gasteiger partial charge in [-0.1, -0.05) is 0 Å². The highest BCUT2D eigenvalue weighted by Crippen LogP contribution is 2.29. The lowest BCUT2D eigenvalue weighted by Crippen LogP contribution is -2.11. The van der Waals surface area contributed by atoms with Gasteiger partial charge in [0.25, 0.3) is 0 Å². The summed E-state index contributed by atoms with van der Waals surface area (Å²) in [5, 5.41) is 18.5. The SMILES string of the molecule is CC1Cc2cc(O)c(O)cc2C=N1. The molecule has 1 aliphatic rings. The predicted octanol–water partition coefficient (Wildman–Crippen LogP) is 1.46. The molecule has 0 saturated carbocycles. The molecule has 1 aromatic carbocycles. The standard InChI is InChI=1S/C10H11NO2/c1-6-2-7-3-9(12)10(13)4-8(7)5-11-6/h3-6,12-13H,2H2,1H3. The second-order valence-corrected chi connectivity index (χ2v) is 3.37. The molecule has 1 unspecified atom stereocenters. The number of phenolic OH excluding ortho intramolecular Hbond substituents is 2. The van der Waals surface area contributed by atoms with E-state index in [0.717, 1.165) is 17.5 Å². The fourth-order valence-corrected chi connectivity index (χ4v) is 1.51. The molecule has 1 atom stereocenters. The number of rotatable bonds is 0. The van der Waals surface area contributed by atoms with Crippen LogP contribution in [0, 0.1) is 0 Å². The van der Waals surface area contributed by atoms with Gasteiger partial charge in [-0.05, 0) is 36.6 Å². The molecule has 0 fully saturated rings. The van der Waals surface area contributed by atoms with Crippen LogP contribution in [0.15, 0.2) is 17.1 Å². The maximum atomic E-state index is 9.27. The van der Waals surface area contributed by atoms with Crippen molar-refractivity contribution in [3.05, 3.63) is 23.3 Å². The fourth-order valence-electron chi connectivity index (χ4n) is 1.51. The van der Waals surface area contributed by atoms with Gasteiger partial charge in [-0.3, -0.25) is 4.99 Å². The minimum atomic E-state index is -0.0836. The Bertz CT molecular complexity index is 371. The summed E-state index contributed by atoms with van der Waals surface area (Å²) in [6, 6.07) is 3.41. The maximum absolute atomic E-state index is 9.27. The zero-order chi connectivity index (χ0) is 9.42. The van der Waals surface area contributed by atoms with Gasteiger partial charge in [0.15, 0.2) is 11.5 Å². The molecule has 1 aliphatic heterocycles. The maximum Gasteiger partial charge on any atom is 0.158 e. The zero-order valence-electron chi connectivity index (χ0n) is 7.36. The van der Waals surface area contributed by atoms with Gasteiger partial charge in [0, 0.05) is 6.21 Å². The summed E-state index contributed by atoms with van der Waals surface area (Å²) in [4.78, 5) is 4.22. The highest BCUT2D eigenvalue weighted by atomic mass is 16.3. The molecule has 68 valence electrons. The Labute approximate surface area is 76.4 Å². The number of aromatic hydroxyl groups is 2. The lowest BCUT2D eigenvalue weighted by Gasteiger charge is -2.15. The monoisotopic (exact) mass is 177 g/mol. The van der Waals surface area contributed by atoms with Crippen molar-refractivity contribution in [1.29, 1.82) is 0 Å². The number of aliphatic imine (C=N–C) groups is 1. The average Bonchev–Trinajstić information content (AvgIpc) is 2.08. The van der Waals surface area contributed by atoms with Gasteiger partial charge >= 0.3 is 0 Å². The van der Waals surface area contributed by atoms with Crippen molar-refractivity contribution in [2.24, 2.45) is 4.99 Å². The lowest BCUT2D eigenvalue weighted by atomic mass is 9.98. The Hall–Kier alpha value is -1.51. The van der Waals surface area contributed by atoms with Gasteiger partial charge in [-0.15, -0.1) is 0 Å². The largest absolute Gasteiger partial charge is 0.504 e. The van der Waals surface area contributed by atoms with Crippen LogP contribution in [0.5, 0.6) is 11.5 Å². The molecule has 1 aromatic rings. The van der Waals surface area contributed by atoms with Crippen LogP contribution in [0.3, 0.4) is 0 Å². The van der Waals surface area contributed by atoms with Crippen molar-refractivity contribution in [1.82, 2.24) is 0 Å². The van der Waals surface area contributed by atoms with Crippen molar-refractivity contribution in [3.63, 3.8) is 0 Å². The molecule has 0 spiro atoms. The number of phenols is 2. The molecule has 13 heavy (non-hydrogen) atoms. The van der Waals surface area contributed by atoms with E-state index in [0.29, 0.717) is 0 Å². The molecule has 0 radical (unpaired) electrons. The van der Waals surface area contributed by atoms with Gasteiger partial charge in [0.2, 0.25) is 0 Å². The molecule has 2 N–H and O–H groups in total. The van der Waals surface area contributed by atoms with Crippen molar-refractivity contribution in [2.75, 3.05) is 0 Å².